The van der Waals surface area contributed by atoms with Crippen LogP contribution in [0, 0.1) is 0 Å². The summed E-state index contributed by atoms with van der Waals surface area (Å²) >= 11 is 5.70. The minimum atomic E-state index is -0.805. The van der Waals surface area contributed by atoms with Gasteiger partial charge < -0.3 is 5.11 Å². The summed E-state index contributed by atoms with van der Waals surface area (Å²) in [4.78, 5) is 0. The van der Waals surface area contributed by atoms with Crippen molar-refractivity contribution in [3.63, 3.8) is 0 Å². The largest absolute Gasteiger partial charge is 0.385 e. The Bertz CT molecular complexity index is 255. The first-order chi connectivity index (χ1) is 6.73. The molecule has 0 aromatic heterocycles. The van der Waals surface area contributed by atoms with Gasteiger partial charge in [-0.1, -0.05) is 24.3 Å². The van der Waals surface area contributed by atoms with Crippen LogP contribution in [0.15, 0.2) is 36.5 Å². The van der Waals surface area contributed by atoms with Crippen LogP contribution in [0.2, 0.25) is 0 Å². The Kier molecular flexibility index (Phi) is 4.43. The highest BCUT2D eigenvalue weighted by atomic mass is 35.5. The minimum absolute atomic E-state index is 0.468. The average Bonchev–Trinajstić information content (AvgIpc) is 2.20. The van der Waals surface area contributed by atoms with E-state index >= 15 is 0 Å². The van der Waals surface area contributed by atoms with Crippen molar-refractivity contribution in [2.24, 2.45) is 0 Å². The molecule has 1 N–H and O–H groups in total. The summed E-state index contributed by atoms with van der Waals surface area (Å²) in [6, 6.07) is 0. The van der Waals surface area contributed by atoms with Crippen molar-refractivity contribution in [3.8, 4) is 0 Å². The fourth-order valence-electron chi connectivity index (χ4n) is 1.72. The summed E-state index contributed by atoms with van der Waals surface area (Å²) in [6.07, 6.45) is 11.2. The summed E-state index contributed by atoms with van der Waals surface area (Å²) in [5, 5.41) is 10.4. The van der Waals surface area contributed by atoms with Gasteiger partial charge in [-0.2, -0.15) is 0 Å². The lowest BCUT2D eigenvalue weighted by atomic mass is 9.85. The Hall–Kier alpha value is -0.530. The van der Waals surface area contributed by atoms with Crippen LogP contribution in [0.4, 0.5) is 0 Å². The first kappa shape index (κ1) is 11.5. The SMILES string of the molecule is C=CCC(O)(CCCl)C1=CCCC=C1. The quantitative estimate of drug-likeness (QED) is 0.548. The number of aliphatic hydroxyl groups is 1. The molecule has 0 saturated heterocycles. The van der Waals surface area contributed by atoms with Gasteiger partial charge in [0, 0.05) is 5.88 Å². The maximum atomic E-state index is 10.4. The molecule has 78 valence electrons. The molecule has 0 aromatic rings. The summed E-state index contributed by atoms with van der Waals surface area (Å²) in [5.41, 5.74) is 0.185. The zero-order chi connectivity index (χ0) is 10.4. The lowest BCUT2D eigenvalue weighted by Crippen LogP contribution is -2.31. The van der Waals surface area contributed by atoms with Crippen LogP contribution in [-0.2, 0) is 0 Å². The van der Waals surface area contributed by atoms with E-state index in [4.69, 9.17) is 11.6 Å². The lowest BCUT2D eigenvalue weighted by Gasteiger charge is -2.29. The monoisotopic (exact) mass is 212 g/mol. The van der Waals surface area contributed by atoms with E-state index in [9.17, 15) is 5.11 Å². The maximum Gasteiger partial charge on any atom is 0.0938 e. The number of alkyl halides is 1. The highest BCUT2D eigenvalue weighted by Gasteiger charge is 2.28. The predicted molar refractivity (Wildman–Crippen MR) is 61.6 cm³/mol. The van der Waals surface area contributed by atoms with E-state index in [0.717, 1.165) is 18.4 Å². The van der Waals surface area contributed by atoms with E-state index in [2.05, 4.69) is 18.7 Å². The number of hydrogen-bond donors (Lipinski definition) is 1. The third-order valence-electron chi connectivity index (χ3n) is 2.52. The molecule has 0 aromatic carbocycles. The summed E-state index contributed by atoms with van der Waals surface area (Å²) in [6.45, 7) is 3.67. The molecular formula is C12H17ClO. The number of allylic oxidation sites excluding steroid dienone is 2. The van der Waals surface area contributed by atoms with Gasteiger partial charge in [-0.25, -0.2) is 0 Å². The topological polar surface area (TPSA) is 20.2 Å². The summed E-state index contributed by atoms with van der Waals surface area (Å²) in [7, 11) is 0. The number of halogens is 1. The second-order valence-corrected chi connectivity index (χ2v) is 3.98. The van der Waals surface area contributed by atoms with Crippen molar-refractivity contribution in [3.05, 3.63) is 36.5 Å². The molecule has 14 heavy (non-hydrogen) atoms. The van der Waals surface area contributed by atoms with Crippen LogP contribution < -0.4 is 0 Å². The standard InChI is InChI=1S/C12H17ClO/c1-2-8-12(14,9-10-13)11-6-4-3-5-7-11/h2,4,6-7,14H,1,3,5,8-10H2. The van der Waals surface area contributed by atoms with Crippen LogP contribution in [0.1, 0.15) is 25.7 Å². The van der Waals surface area contributed by atoms with Crippen LogP contribution in [0.5, 0.6) is 0 Å². The van der Waals surface area contributed by atoms with Gasteiger partial charge >= 0.3 is 0 Å². The van der Waals surface area contributed by atoms with Gasteiger partial charge in [-0.05, 0) is 31.3 Å². The highest BCUT2D eigenvalue weighted by molar-refractivity contribution is 6.17. The molecule has 0 bridgehead atoms. The molecule has 0 fully saturated rings. The fraction of sp³-hybridized carbons (Fsp3) is 0.500. The van der Waals surface area contributed by atoms with Gasteiger partial charge in [0.2, 0.25) is 0 Å². The van der Waals surface area contributed by atoms with Crippen LogP contribution in [0.25, 0.3) is 0 Å². The molecular weight excluding hydrogens is 196 g/mol. The summed E-state index contributed by atoms with van der Waals surface area (Å²) in [5.74, 6) is 0.468. The Morgan fingerprint density at radius 3 is 2.86 bits per heavy atom. The van der Waals surface area contributed by atoms with Crippen LogP contribution >= 0.6 is 11.6 Å². The molecule has 1 unspecified atom stereocenters. The van der Waals surface area contributed by atoms with Gasteiger partial charge in [0.25, 0.3) is 0 Å². The van der Waals surface area contributed by atoms with Crippen molar-refractivity contribution >= 4 is 11.6 Å². The minimum Gasteiger partial charge on any atom is -0.385 e. The molecule has 0 saturated carbocycles. The Morgan fingerprint density at radius 2 is 2.36 bits per heavy atom. The summed E-state index contributed by atoms with van der Waals surface area (Å²) < 4.78 is 0. The third kappa shape index (κ3) is 2.73. The van der Waals surface area contributed by atoms with E-state index in [1.807, 2.05) is 6.08 Å². The number of rotatable bonds is 5. The molecule has 1 rings (SSSR count). The molecule has 0 radical (unpaired) electrons. The van der Waals surface area contributed by atoms with Gasteiger partial charge in [0.15, 0.2) is 0 Å². The van der Waals surface area contributed by atoms with Crippen LogP contribution in [0.3, 0.4) is 0 Å². The van der Waals surface area contributed by atoms with Crippen molar-refractivity contribution < 1.29 is 5.11 Å². The second-order valence-electron chi connectivity index (χ2n) is 3.60. The molecule has 0 spiro atoms. The Morgan fingerprint density at radius 1 is 1.57 bits per heavy atom. The predicted octanol–water partition coefficient (Wildman–Crippen LogP) is 3.20. The van der Waals surface area contributed by atoms with Crippen molar-refractivity contribution in [2.75, 3.05) is 5.88 Å². The smallest absolute Gasteiger partial charge is 0.0938 e. The molecule has 1 nitrogen and oxygen atoms in total. The van der Waals surface area contributed by atoms with Crippen molar-refractivity contribution in [1.29, 1.82) is 0 Å². The van der Waals surface area contributed by atoms with Crippen molar-refractivity contribution in [1.82, 2.24) is 0 Å². The highest BCUT2D eigenvalue weighted by Crippen LogP contribution is 2.29. The first-order valence-electron chi connectivity index (χ1n) is 4.99. The Labute approximate surface area is 90.8 Å². The second kappa shape index (κ2) is 5.38. The van der Waals surface area contributed by atoms with Crippen LogP contribution in [-0.4, -0.2) is 16.6 Å². The fourth-order valence-corrected chi connectivity index (χ4v) is 2.03. The lowest BCUT2D eigenvalue weighted by molar-refractivity contribution is 0.0814. The third-order valence-corrected chi connectivity index (χ3v) is 2.71. The zero-order valence-corrected chi connectivity index (χ0v) is 9.13. The average molecular weight is 213 g/mol. The van der Waals surface area contributed by atoms with E-state index in [0.29, 0.717) is 18.7 Å². The zero-order valence-electron chi connectivity index (χ0n) is 8.38. The van der Waals surface area contributed by atoms with Gasteiger partial charge in [-0.3, -0.25) is 0 Å². The normalized spacial score (nSPS) is 20.0. The van der Waals surface area contributed by atoms with Gasteiger partial charge in [0.05, 0.1) is 5.60 Å². The molecule has 1 aliphatic carbocycles. The molecule has 1 aliphatic rings. The maximum absolute atomic E-state index is 10.4. The molecule has 2 heteroatoms. The number of hydrogen-bond acceptors (Lipinski definition) is 1. The van der Waals surface area contributed by atoms with E-state index < -0.39 is 5.60 Å². The molecule has 0 heterocycles. The van der Waals surface area contributed by atoms with Gasteiger partial charge in [-0.15, -0.1) is 18.2 Å². The van der Waals surface area contributed by atoms with Crippen molar-refractivity contribution in [2.45, 2.75) is 31.3 Å². The van der Waals surface area contributed by atoms with E-state index in [1.54, 1.807) is 6.08 Å². The van der Waals surface area contributed by atoms with E-state index in [1.165, 1.54) is 0 Å². The molecule has 1 atom stereocenters. The first-order valence-corrected chi connectivity index (χ1v) is 5.53. The Balaban J connectivity index is 2.79. The van der Waals surface area contributed by atoms with Gasteiger partial charge in [0.1, 0.15) is 0 Å². The molecule has 0 aliphatic heterocycles. The molecule has 0 amide bonds. The van der Waals surface area contributed by atoms with E-state index in [-0.39, 0.29) is 0 Å².